The van der Waals surface area contributed by atoms with Crippen molar-refractivity contribution in [1.82, 2.24) is 30.0 Å². The van der Waals surface area contributed by atoms with E-state index in [-0.39, 0.29) is 36.0 Å². The number of pyridine rings is 1. The van der Waals surface area contributed by atoms with Crippen molar-refractivity contribution < 1.29 is 41.8 Å². The molecule has 6 heterocycles. The quantitative estimate of drug-likeness (QED) is 0.202. The third-order valence-corrected chi connectivity index (χ3v) is 10.4. The van der Waals surface area contributed by atoms with Gasteiger partial charge in [-0.05, 0) is 63.8 Å². The van der Waals surface area contributed by atoms with Crippen molar-refractivity contribution in [2.75, 3.05) is 55.5 Å². The number of carbonyl (C=O) groups excluding carboxylic acids is 1. The summed E-state index contributed by atoms with van der Waals surface area (Å²) < 4.78 is 55.7. The number of benzene rings is 1. The summed E-state index contributed by atoms with van der Waals surface area (Å²) >= 11 is 0. The number of carboxylic acid groups (broad SMARTS) is 1. The molecule has 1 aromatic carbocycles. The lowest BCUT2D eigenvalue weighted by Gasteiger charge is -2.35. The lowest BCUT2D eigenvalue weighted by Crippen LogP contribution is -2.39. The predicted molar refractivity (Wildman–Crippen MR) is 189 cm³/mol. The smallest absolute Gasteiger partial charge is 0.470 e. The average molecular weight is 752 g/mol. The van der Waals surface area contributed by atoms with Crippen LogP contribution >= 0.6 is 0 Å². The lowest BCUT2D eigenvalue weighted by atomic mass is 9.86. The lowest BCUT2D eigenvalue weighted by molar-refractivity contribution is -0.157. The first-order chi connectivity index (χ1) is 25.8. The summed E-state index contributed by atoms with van der Waals surface area (Å²) in [7, 11) is 3.13. The topological polar surface area (TPSA) is 172 Å². The molecule has 0 bridgehead atoms. The second kappa shape index (κ2) is 14.3. The van der Waals surface area contributed by atoms with Crippen molar-refractivity contribution in [2.45, 2.75) is 69.6 Å². The number of anilines is 3. The Hall–Kier alpha value is -5.68. The summed E-state index contributed by atoms with van der Waals surface area (Å²) in [4.78, 5) is 45.0. The summed E-state index contributed by atoms with van der Waals surface area (Å²) in [5.41, 5.74) is 1.91. The molecule has 0 spiro atoms. The van der Waals surface area contributed by atoms with Gasteiger partial charge in [-0.1, -0.05) is 0 Å². The van der Waals surface area contributed by atoms with E-state index in [1.54, 1.807) is 31.3 Å². The van der Waals surface area contributed by atoms with Crippen LogP contribution in [-0.2, 0) is 22.9 Å². The van der Waals surface area contributed by atoms with E-state index in [4.69, 9.17) is 18.9 Å². The van der Waals surface area contributed by atoms with Crippen LogP contribution in [0.1, 0.15) is 68.2 Å². The van der Waals surface area contributed by atoms with E-state index in [1.807, 2.05) is 26.0 Å². The minimum atomic E-state index is -4.81. The molecule has 2 fully saturated rings. The van der Waals surface area contributed by atoms with Crippen LogP contribution in [0.5, 0.6) is 11.5 Å². The molecular formula is C36H40F3N9O6. The SMILES string of the molecule is COc1ccc(CN2C(=O)C(C)(C)c3c(N4CCC(c5nc(-c6nnc(C(F)(F)F)o6)ccc5NCC5CCCN5C(=O)O)CC4)ncnc32)c(OC)c1. The van der Waals surface area contributed by atoms with Crippen LogP contribution in [0.3, 0.4) is 0 Å². The number of alkyl halides is 3. The van der Waals surface area contributed by atoms with E-state index in [0.717, 1.165) is 17.5 Å². The van der Waals surface area contributed by atoms with Crippen LogP contribution < -0.4 is 24.6 Å². The van der Waals surface area contributed by atoms with Gasteiger partial charge >= 0.3 is 18.2 Å². The molecule has 286 valence electrons. The minimum absolute atomic E-state index is 0.0940. The number of piperidine rings is 1. The van der Waals surface area contributed by atoms with Crippen LogP contribution in [-0.4, -0.2) is 93.6 Å². The normalized spacial score (nSPS) is 18.6. The van der Waals surface area contributed by atoms with Crippen LogP contribution in [0.15, 0.2) is 41.1 Å². The van der Waals surface area contributed by atoms with E-state index in [0.29, 0.717) is 80.0 Å². The van der Waals surface area contributed by atoms with Gasteiger partial charge in [-0.25, -0.2) is 19.7 Å². The van der Waals surface area contributed by atoms with Gasteiger partial charge in [-0.15, -0.1) is 10.2 Å². The first kappa shape index (κ1) is 36.7. The van der Waals surface area contributed by atoms with Gasteiger partial charge in [-0.3, -0.25) is 9.69 Å². The van der Waals surface area contributed by atoms with Crippen molar-refractivity contribution >= 4 is 29.3 Å². The number of hydrogen-bond acceptors (Lipinski definition) is 12. The number of fused-ring (bicyclic) bond motifs is 1. The molecule has 3 aliphatic heterocycles. The molecule has 3 aromatic heterocycles. The highest BCUT2D eigenvalue weighted by atomic mass is 19.4. The standard InChI is InChI=1S/C36H40F3N9O6/c1-35(2)27-29(41-19-42-30(27)48(33(35)49)18-21-7-8-23(52-3)16-26(21)53-4)46-14-11-20(12-15-46)28-24(40-17-22-6-5-13-47(22)34(50)51)9-10-25(43-28)31-44-45-32(54-31)36(37,38)39/h7-10,16,19-20,22,40H,5-6,11-15,17-18H2,1-4H3,(H,50,51). The van der Waals surface area contributed by atoms with Crippen molar-refractivity contribution in [3.8, 4) is 23.1 Å². The molecule has 1 unspecified atom stereocenters. The molecule has 0 saturated carbocycles. The van der Waals surface area contributed by atoms with Crippen LogP contribution in [0.25, 0.3) is 11.6 Å². The highest BCUT2D eigenvalue weighted by Gasteiger charge is 2.48. The Kier molecular flexibility index (Phi) is 9.70. The Morgan fingerprint density at radius 1 is 1.04 bits per heavy atom. The number of likely N-dealkylation sites (tertiary alicyclic amines) is 1. The second-order valence-electron chi connectivity index (χ2n) is 14.0. The Bertz CT molecular complexity index is 2050. The number of aromatic nitrogens is 5. The predicted octanol–water partition coefficient (Wildman–Crippen LogP) is 5.72. The molecule has 2 saturated heterocycles. The molecule has 1 atom stereocenters. The fraction of sp³-hybridized carbons (Fsp3) is 0.472. The Morgan fingerprint density at radius 3 is 2.48 bits per heavy atom. The summed E-state index contributed by atoms with van der Waals surface area (Å²) in [6, 6.07) is 8.42. The van der Waals surface area contributed by atoms with Gasteiger partial charge in [0.1, 0.15) is 35.2 Å². The molecular weight excluding hydrogens is 711 g/mol. The summed E-state index contributed by atoms with van der Waals surface area (Å²) in [6.45, 7) is 5.81. The average Bonchev–Trinajstić information content (AvgIpc) is 3.90. The van der Waals surface area contributed by atoms with Crippen LogP contribution in [0.4, 0.5) is 35.3 Å². The maximum atomic E-state index is 14.0. The maximum absolute atomic E-state index is 14.0. The Balaban J connectivity index is 1.15. The summed E-state index contributed by atoms with van der Waals surface area (Å²) in [5, 5.41) is 19.8. The molecule has 3 aliphatic rings. The van der Waals surface area contributed by atoms with E-state index < -0.39 is 23.6 Å². The zero-order valence-electron chi connectivity index (χ0n) is 30.2. The molecule has 0 radical (unpaired) electrons. The second-order valence-corrected chi connectivity index (χ2v) is 14.0. The number of amides is 2. The van der Waals surface area contributed by atoms with Gasteiger partial charge < -0.3 is 34.1 Å². The summed E-state index contributed by atoms with van der Waals surface area (Å²) in [5.74, 6) is 0.299. The van der Waals surface area contributed by atoms with Gasteiger partial charge in [0.15, 0.2) is 0 Å². The van der Waals surface area contributed by atoms with Crippen molar-refractivity contribution in [2.24, 2.45) is 0 Å². The molecule has 15 nitrogen and oxygen atoms in total. The first-order valence-electron chi connectivity index (χ1n) is 17.6. The van der Waals surface area contributed by atoms with Gasteiger partial charge in [0.25, 0.3) is 5.89 Å². The third kappa shape index (κ3) is 6.80. The number of nitrogens with one attached hydrogen (secondary N) is 1. The zero-order chi connectivity index (χ0) is 38.4. The van der Waals surface area contributed by atoms with Crippen molar-refractivity contribution in [1.29, 1.82) is 0 Å². The van der Waals surface area contributed by atoms with Gasteiger partial charge in [0.2, 0.25) is 5.91 Å². The van der Waals surface area contributed by atoms with E-state index in [2.05, 4.69) is 30.4 Å². The number of ether oxygens (including phenoxy) is 2. The zero-order valence-corrected chi connectivity index (χ0v) is 30.2. The van der Waals surface area contributed by atoms with E-state index in [1.165, 1.54) is 17.3 Å². The molecule has 2 N–H and O–H groups in total. The maximum Gasteiger partial charge on any atom is 0.470 e. The molecule has 54 heavy (non-hydrogen) atoms. The largest absolute Gasteiger partial charge is 0.497 e. The molecule has 2 amide bonds. The Morgan fingerprint density at radius 2 is 1.80 bits per heavy atom. The third-order valence-electron chi connectivity index (χ3n) is 10.4. The number of methoxy groups -OCH3 is 2. The molecule has 4 aromatic rings. The Labute approximate surface area is 308 Å². The van der Waals surface area contributed by atoms with Crippen LogP contribution in [0, 0.1) is 0 Å². The molecule has 18 heteroatoms. The van der Waals surface area contributed by atoms with Gasteiger partial charge in [0.05, 0.1) is 49.2 Å². The fourth-order valence-corrected chi connectivity index (χ4v) is 7.60. The first-order valence-corrected chi connectivity index (χ1v) is 17.6. The highest BCUT2D eigenvalue weighted by molar-refractivity contribution is 6.08. The number of halogens is 3. The van der Waals surface area contributed by atoms with Crippen molar-refractivity contribution in [3.63, 3.8) is 0 Å². The van der Waals surface area contributed by atoms with Gasteiger partial charge in [-0.2, -0.15) is 13.2 Å². The van der Waals surface area contributed by atoms with E-state index >= 15 is 0 Å². The highest BCUT2D eigenvalue weighted by Crippen LogP contribution is 2.47. The molecule has 7 rings (SSSR count). The van der Waals surface area contributed by atoms with Gasteiger partial charge in [0, 0.05) is 43.7 Å². The number of carbonyl (C=O) groups is 2. The fourth-order valence-electron chi connectivity index (χ4n) is 7.60. The number of hydrogen-bond donors (Lipinski definition) is 2. The van der Waals surface area contributed by atoms with E-state index in [9.17, 15) is 27.9 Å². The molecule has 0 aliphatic carbocycles. The van der Waals surface area contributed by atoms with Crippen molar-refractivity contribution in [3.05, 3.63) is 59.4 Å². The number of rotatable bonds is 10. The summed E-state index contributed by atoms with van der Waals surface area (Å²) in [6.07, 6.45) is -1.69. The number of nitrogens with zero attached hydrogens (tertiary/aromatic N) is 8. The monoisotopic (exact) mass is 751 g/mol. The van der Waals surface area contributed by atoms with Crippen LogP contribution in [0.2, 0.25) is 0 Å². The minimum Gasteiger partial charge on any atom is -0.497 e.